The Hall–Kier alpha value is -2.71. The highest BCUT2D eigenvalue weighted by molar-refractivity contribution is 7.89. The zero-order valence-corrected chi connectivity index (χ0v) is 16.4. The molecular weight excluding hydrogens is 378 g/mol. The summed E-state index contributed by atoms with van der Waals surface area (Å²) in [5.41, 5.74) is 2.69. The Balaban J connectivity index is 1.62. The van der Waals surface area contributed by atoms with Gasteiger partial charge >= 0.3 is 0 Å². The van der Waals surface area contributed by atoms with Gasteiger partial charge in [0.15, 0.2) is 0 Å². The van der Waals surface area contributed by atoms with Crippen LogP contribution >= 0.6 is 0 Å². The highest BCUT2D eigenvalue weighted by Crippen LogP contribution is 2.28. The van der Waals surface area contributed by atoms with Crippen LogP contribution in [0.15, 0.2) is 53.4 Å². The van der Waals surface area contributed by atoms with Crippen LogP contribution in [-0.2, 0) is 32.6 Å². The van der Waals surface area contributed by atoms with Crippen LogP contribution in [-0.4, -0.2) is 26.8 Å². The molecule has 1 fully saturated rings. The molecule has 1 saturated heterocycles. The van der Waals surface area contributed by atoms with E-state index in [4.69, 9.17) is 5.14 Å². The second kappa shape index (κ2) is 8.12. The fourth-order valence-corrected chi connectivity index (χ4v) is 3.84. The first-order chi connectivity index (χ1) is 13.3. The maximum absolute atomic E-state index is 12.5. The predicted octanol–water partition coefficient (Wildman–Crippen LogP) is 1.57. The molecule has 1 aliphatic rings. The average Bonchev–Trinajstić information content (AvgIpc) is 3.07. The lowest BCUT2D eigenvalue weighted by Gasteiger charge is -2.20. The van der Waals surface area contributed by atoms with Gasteiger partial charge in [-0.1, -0.05) is 37.3 Å². The van der Waals surface area contributed by atoms with Crippen LogP contribution in [0.25, 0.3) is 0 Å². The first kappa shape index (κ1) is 20.0. The highest BCUT2D eigenvalue weighted by Gasteiger charge is 2.35. The fourth-order valence-electron chi connectivity index (χ4n) is 3.32. The zero-order valence-electron chi connectivity index (χ0n) is 15.6. The molecule has 2 aromatic rings. The molecule has 3 rings (SSSR count). The predicted molar refractivity (Wildman–Crippen MR) is 106 cm³/mol. The molecule has 0 radical (unpaired) electrons. The van der Waals surface area contributed by atoms with E-state index >= 15 is 0 Å². The summed E-state index contributed by atoms with van der Waals surface area (Å²) in [7, 11) is -3.74. The molecule has 0 aliphatic carbocycles. The van der Waals surface area contributed by atoms with E-state index in [0.717, 1.165) is 23.2 Å². The Bertz CT molecular complexity index is 987. The van der Waals surface area contributed by atoms with Crippen LogP contribution in [0.5, 0.6) is 0 Å². The smallest absolute Gasteiger partial charge is 0.238 e. The summed E-state index contributed by atoms with van der Waals surface area (Å²) >= 11 is 0. The van der Waals surface area contributed by atoms with Crippen molar-refractivity contribution in [1.82, 2.24) is 5.32 Å². The second-order valence-corrected chi connectivity index (χ2v) is 8.36. The van der Waals surface area contributed by atoms with Crippen LogP contribution < -0.4 is 15.4 Å². The van der Waals surface area contributed by atoms with Gasteiger partial charge < -0.3 is 10.2 Å². The molecule has 0 bridgehead atoms. The Morgan fingerprint density at radius 2 is 1.86 bits per heavy atom. The van der Waals surface area contributed by atoms with E-state index in [9.17, 15) is 18.0 Å². The topological polar surface area (TPSA) is 110 Å². The molecule has 1 unspecified atom stereocenters. The molecule has 0 spiro atoms. The number of hydrogen-bond acceptors (Lipinski definition) is 4. The maximum Gasteiger partial charge on any atom is 0.238 e. The van der Waals surface area contributed by atoms with Crippen molar-refractivity contribution in [3.63, 3.8) is 0 Å². The number of aryl methyl sites for hydroxylation is 1. The van der Waals surface area contributed by atoms with Crippen molar-refractivity contribution in [3.05, 3.63) is 59.7 Å². The van der Waals surface area contributed by atoms with Crippen molar-refractivity contribution in [3.8, 4) is 0 Å². The minimum atomic E-state index is -3.74. The van der Waals surface area contributed by atoms with Gasteiger partial charge in [0, 0.05) is 25.2 Å². The Kier molecular flexibility index (Phi) is 5.81. The lowest BCUT2D eigenvalue weighted by Crippen LogP contribution is -2.32. The number of anilines is 1. The number of hydrogen-bond donors (Lipinski definition) is 2. The van der Waals surface area contributed by atoms with E-state index < -0.39 is 15.9 Å². The van der Waals surface area contributed by atoms with Crippen LogP contribution in [0.2, 0.25) is 0 Å². The lowest BCUT2D eigenvalue weighted by atomic mass is 10.1. The van der Waals surface area contributed by atoms with Gasteiger partial charge in [-0.3, -0.25) is 9.59 Å². The average molecular weight is 401 g/mol. The number of rotatable bonds is 6. The number of primary sulfonamides is 1. The van der Waals surface area contributed by atoms with E-state index in [0.29, 0.717) is 6.54 Å². The van der Waals surface area contributed by atoms with Crippen molar-refractivity contribution >= 4 is 27.5 Å². The maximum atomic E-state index is 12.5. The number of sulfonamides is 1. The van der Waals surface area contributed by atoms with Crippen molar-refractivity contribution in [1.29, 1.82) is 0 Å². The van der Waals surface area contributed by atoms with Gasteiger partial charge in [0.1, 0.15) is 0 Å². The van der Waals surface area contributed by atoms with Crippen molar-refractivity contribution in [2.24, 2.45) is 11.1 Å². The number of carbonyl (C=O) groups is 2. The van der Waals surface area contributed by atoms with Crippen LogP contribution in [0.1, 0.15) is 24.5 Å². The molecule has 2 amide bonds. The van der Waals surface area contributed by atoms with E-state index in [1.54, 1.807) is 17.0 Å². The molecule has 2 aromatic carbocycles. The fraction of sp³-hybridized carbons (Fsp3) is 0.300. The largest absolute Gasteiger partial charge is 0.352 e. The molecule has 1 heterocycles. The summed E-state index contributed by atoms with van der Waals surface area (Å²) < 4.78 is 22.6. The quantitative estimate of drug-likeness (QED) is 0.765. The molecule has 0 aromatic heterocycles. The third-order valence-corrected chi connectivity index (χ3v) is 5.81. The molecule has 28 heavy (non-hydrogen) atoms. The van der Waals surface area contributed by atoms with Crippen LogP contribution in [0.4, 0.5) is 5.69 Å². The first-order valence-electron chi connectivity index (χ1n) is 9.07. The number of para-hydroxylation sites is 1. The van der Waals surface area contributed by atoms with Gasteiger partial charge in [-0.2, -0.15) is 0 Å². The SMILES string of the molecule is CCc1ccccc1N1CC(C(=O)NCc2ccc(S(N)(=O)=O)cc2)CC1=O. The monoisotopic (exact) mass is 401 g/mol. The van der Waals surface area contributed by atoms with E-state index in [2.05, 4.69) is 5.32 Å². The molecule has 8 heteroatoms. The molecule has 148 valence electrons. The Morgan fingerprint density at radius 1 is 1.18 bits per heavy atom. The molecule has 1 aliphatic heterocycles. The van der Waals surface area contributed by atoms with Crippen molar-refractivity contribution in [2.45, 2.75) is 31.2 Å². The van der Waals surface area contributed by atoms with Gasteiger partial charge in [-0.05, 0) is 35.7 Å². The lowest BCUT2D eigenvalue weighted by molar-refractivity contribution is -0.126. The summed E-state index contributed by atoms with van der Waals surface area (Å²) in [6.45, 7) is 2.64. The number of amides is 2. The van der Waals surface area contributed by atoms with E-state index in [1.807, 2.05) is 31.2 Å². The van der Waals surface area contributed by atoms with Gasteiger partial charge in [-0.15, -0.1) is 0 Å². The van der Waals surface area contributed by atoms with Gasteiger partial charge in [0.05, 0.1) is 10.8 Å². The van der Waals surface area contributed by atoms with E-state index in [-0.39, 0.29) is 29.7 Å². The first-order valence-corrected chi connectivity index (χ1v) is 10.6. The third-order valence-electron chi connectivity index (χ3n) is 4.88. The molecule has 1 atom stereocenters. The summed E-state index contributed by atoms with van der Waals surface area (Å²) in [5, 5.41) is 7.89. The molecule has 0 saturated carbocycles. The highest BCUT2D eigenvalue weighted by atomic mass is 32.2. The number of nitrogens with zero attached hydrogens (tertiary/aromatic N) is 1. The molecular formula is C20H23N3O4S. The van der Waals surface area contributed by atoms with Gasteiger partial charge in [0.2, 0.25) is 21.8 Å². The minimum Gasteiger partial charge on any atom is -0.352 e. The van der Waals surface area contributed by atoms with Crippen LogP contribution in [0, 0.1) is 5.92 Å². The van der Waals surface area contributed by atoms with Gasteiger partial charge in [0.25, 0.3) is 0 Å². The van der Waals surface area contributed by atoms with Crippen LogP contribution in [0.3, 0.4) is 0 Å². The zero-order chi connectivity index (χ0) is 20.3. The summed E-state index contributed by atoms with van der Waals surface area (Å²) in [6.07, 6.45) is 0.986. The van der Waals surface area contributed by atoms with E-state index in [1.165, 1.54) is 12.1 Å². The normalized spacial score (nSPS) is 17.0. The number of nitrogens with one attached hydrogen (secondary N) is 1. The summed E-state index contributed by atoms with van der Waals surface area (Å²) in [4.78, 5) is 26.7. The van der Waals surface area contributed by atoms with Crippen molar-refractivity contribution in [2.75, 3.05) is 11.4 Å². The Morgan fingerprint density at radius 3 is 2.50 bits per heavy atom. The summed E-state index contributed by atoms with van der Waals surface area (Å²) in [5.74, 6) is -0.667. The summed E-state index contributed by atoms with van der Waals surface area (Å²) in [6, 6.07) is 13.7. The second-order valence-electron chi connectivity index (χ2n) is 6.79. The number of carbonyl (C=O) groups excluding carboxylic acids is 2. The number of nitrogens with two attached hydrogens (primary N) is 1. The van der Waals surface area contributed by atoms with Crippen molar-refractivity contribution < 1.29 is 18.0 Å². The molecule has 7 nitrogen and oxygen atoms in total. The number of benzene rings is 2. The third kappa shape index (κ3) is 4.40. The minimum absolute atomic E-state index is 0.0224. The van der Waals surface area contributed by atoms with Gasteiger partial charge in [-0.25, -0.2) is 13.6 Å². The Labute approximate surface area is 164 Å². The standard InChI is InChI=1S/C20H23N3O4S/c1-2-15-5-3-4-6-18(15)23-13-16(11-19(23)24)20(25)22-12-14-7-9-17(10-8-14)28(21,26)27/h3-10,16H,2,11-13H2,1H3,(H,22,25)(H2,21,26,27). The molecule has 3 N–H and O–H groups in total.